The molecular formula is C15H18N2O2. The van der Waals surface area contributed by atoms with Gasteiger partial charge in [0.2, 0.25) is 11.8 Å². The van der Waals surface area contributed by atoms with Crippen LogP contribution in [0, 0.1) is 0 Å². The molecule has 0 aliphatic carbocycles. The third kappa shape index (κ3) is 2.84. The second kappa shape index (κ2) is 5.69. The molecule has 1 aliphatic heterocycles. The molecule has 0 aromatic heterocycles. The van der Waals surface area contributed by atoms with Gasteiger partial charge in [-0.25, -0.2) is 0 Å². The van der Waals surface area contributed by atoms with E-state index in [1.54, 1.807) is 11.0 Å². The first-order chi connectivity index (χ1) is 9.13. The Hall–Kier alpha value is -2.10. The molecule has 1 aromatic rings. The maximum Gasteiger partial charge on any atom is 0.246 e. The van der Waals surface area contributed by atoms with E-state index in [0.717, 1.165) is 12.1 Å². The summed E-state index contributed by atoms with van der Waals surface area (Å²) < 4.78 is 0. The van der Waals surface area contributed by atoms with Crippen LogP contribution in [0.1, 0.15) is 12.5 Å². The number of hydrogen-bond acceptors (Lipinski definition) is 2. The molecule has 4 heteroatoms. The van der Waals surface area contributed by atoms with Crippen molar-refractivity contribution in [2.45, 2.75) is 13.3 Å². The Balaban J connectivity index is 2.09. The van der Waals surface area contributed by atoms with Crippen LogP contribution in [-0.4, -0.2) is 36.3 Å². The number of anilines is 1. The van der Waals surface area contributed by atoms with Crippen LogP contribution in [-0.2, 0) is 16.0 Å². The number of hydrogen-bond donors (Lipinski definition) is 0. The summed E-state index contributed by atoms with van der Waals surface area (Å²) in [5, 5.41) is 0. The van der Waals surface area contributed by atoms with Gasteiger partial charge in [0.05, 0.1) is 0 Å². The number of amides is 2. The normalized spacial score (nSPS) is 13.0. The Bertz CT molecular complexity index is 511. The van der Waals surface area contributed by atoms with Crippen molar-refractivity contribution < 1.29 is 9.59 Å². The van der Waals surface area contributed by atoms with Crippen LogP contribution in [0.15, 0.2) is 36.9 Å². The molecule has 0 spiro atoms. The molecule has 1 aromatic carbocycles. The number of nitrogens with zero attached hydrogens (tertiary/aromatic N) is 2. The van der Waals surface area contributed by atoms with Crippen LogP contribution in [0.5, 0.6) is 0 Å². The van der Waals surface area contributed by atoms with Crippen LogP contribution < -0.4 is 4.90 Å². The Morgan fingerprint density at radius 2 is 2.16 bits per heavy atom. The Labute approximate surface area is 113 Å². The van der Waals surface area contributed by atoms with Gasteiger partial charge >= 0.3 is 0 Å². The van der Waals surface area contributed by atoms with Crippen LogP contribution in [0.25, 0.3) is 0 Å². The molecule has 0 bridgehead atoms. The molecule has 0 N–H and O–H groups in total. The van der Waals surface area contributed by atoms with Gasteiger partial charge in [-0.05, 0) is 18.1 Å². The maximum absolute atomic E-state index is 12.3. The van der Waals surface area contributed by atoms with Crippen molar-refractivity contribution in [2.75, 3.05) is 24.5 Å². The average Bonchev–Trinajstić information content (AvgIpc) is 2.81. The Kier molecular flexibility index (Phi) is 4.00. The van der Waals surface area contributed by atoms with E-state index in [1.165, 1.54) is 17.4 Å². The summed E-state index contributed by atoms with van der Waals surface area (Å²) >= 11 is 0. The van der Waals surface area contributed by atoms with Crippen molar-refractivity contribution >= 4 is 17.5 Å². The van der Waals surface area contributed by atoms with Crippen LogP contribution in [0.4, 0.5) is 5.69 Å². The minimum Gasteiger partial charge on any atom is -0.330 e. The summed E-state index contributed by atoms with van der Waals surface area (Å²) in [6, 6.07) is 7.89. The number of fused-ring (bicyclic) bond motifs is 1. The lowest BCUT2D eigenvalue weighted by molar-refractivity contribution is -0.132. The zero-order chi connectivity index (χ0) is 13.8. The maximum atomic E-state index is 12.3. The summed E-state index contributed by atoms with van der Waals surface area (Å²) in [5.74, 6) is -0.150. The Morgan fingerprint density at radius 3 is 2.84 bits per heavy atom. The van der Waals surface area contributed by atoms with Gasteiger partial charge in [0, 0.05) is 25.7 Å². The number of rotatable bonds is 4. The standard InChI is InChI=1S/C15H18N2O2/c1-3-9-16(12(2)18)11-15(19)17-10-8-13-6-4-5-7-14(13)17/h3-7H,1,8-11H2,2H3. The highest BCUT2D eigenvalue weighted by Crippen LogP contribution is 2.27. The molecule has 19 heavy (non-hydrogen) atoms. The van der Waals surface area contributed by atoms with E-state index in [4.69, 9.17) is 0 Å². The van der Waals surface area contributed by atoms with Crippen molar-refractivity contribution in [1.82, 2.24) is 4.90 Å². The number of para-hydroxylation sites is 1. The fourth-order valence-corrected chi connectivity index (χ4v) is 2.31. The van der Waals surface area contributed by atoms with Crippen LogP contribution in [0.3, 0.4) is 0 Å². The molecule has 0 radical (unpaired) electrons. The largest absolute Gasteiger partial charge is 0.330 e. The lowest BCUT2D eigenvalue weighted by Crippen LogP contribution is -2.41. The summed E-state index contributed by atoms with van der Waals surface area (Å²) in [6.07, 6.45) is 2.51. The summed E-state index contributed by atoms with van der Waals surface area (Å²) in [7, 11) is 0. The summed E-state index contributed by atoms with van der Waals surface area (Å²) in [6.45, 7) is 6.27. The molecule has 0 atom stereocenters. The fourth-order valence-electron chi connectivity index (χ4n) is 2.31. The number of carbonyl (C=O) groups excluding carboxylic acids is 2. The second-order valence-electron chi connectivity index (χ2n) is 4.61. The van der Waals surface area contributed by atoms with Crippen molar-refractivity contribution in [3.8, 4) is 0 Å². The van der Waals surface area contributed by atoms with Crippen LogP contribution >= 0.6 is 0 Å². The quantitative estimate of drug-likeness (QED) is 0.770. The summed E-state index contributed by atoms with van der Waals surface area (Å²) in [4.78, 5) is 27.0. The highest BCUT2D eigenvalue weighted by Gasteiger charge is 2.25. The molecule has 0 saturated carbocycles. The Morgan fingerprint density at radius 1 is 1.42 bits per heavy atom. The fraction of sp³-hybridized carbons (Fsp3) is 0.333. The first-order valence-electron chi connectivity index (χ1n) is 6.38. The molecule has 2 amide bonds. The van der Waals surface area contributed by atoms with Gasteiger partial charge in [0.1, 0.15) is 6.54 Å². The molecule has 100 valence electrons. The number of carbonyl (C=O) groups is 2. The van der Waals surface area contributed by atoms with E-state index in [2.05, 4.69) is 6.58 Å². The molecule has 1 aliphatic rings. The molecule has 0 fully saturated rings. The van der Waals surface area contributed by atoms with Crippen molar-refractivity contribution in [2.24, 2.45) is 0 Å². The smallest absolute Gasteiger partial charge is 0.246 e. The lowest BCUT2D eigenvalue weighted by Gasteiger charge is -2.23. The average molecular weight is 258 g/mol. The van der Waals surface area contributed by atoms with E-state index in [-0.39, 0.29) is 18.4 Å². The summed E-state index contributed by atoms with van der Waals surface area (Å²) in [5.41, 5.74) is 2.16. The first-order valence-corrected chi connectivity index (χ1v) is 6.38. The zero-order valence-corrected chi connectivity index (χ0v) is 11.1. The predicted molar refractivity (Wildman–Crippen MR) is 75.0 cm³/mol. The van der Waals surface area contributed by atoms with Gasteiger partial charge in [-0.3, -0.25) is 9.59 Å². The number of benzene rings is 1. The van der Waals surface area contributed by atoms with E-state index >= 15 is 0 Å². The minimum absolute atomic E-state index is 0.0398. The predicted octanol–water partition coefficient (Wildman–Crippen LogP) is 1.61. The highest BCUT2D eigenvalue weighted by atomic mass is 16.2. The zero-order valence-electron chi connectivity index (χ0n) is 11.1. The van der Waals surface area contributed by atoms with Gasteiger partial charge in [0.25, 0.3) is 0 Å². The molecule has 2 rings (SSSR count). The van der Waals surface area contributed by atoms with Crippen molar-refractivity contribution in [3.05, 3.63) is 42.5 Å². The molecule has 0 unspecified atom stereocenters. The van der Waals surface area contributed by atoms with Crippen molar-refractivity contribution in [3.63, 3.8) is 0 Å². The van der Waals surface area contributed by atoms with Crippen molar-refractivity contribution in [1.29, 1.82) is 0 Å². The molecule has 4 nitrogen and oxygen atoms in total. The second-order valence-corrected chi connectivity index (χ2v) is 4.61. The third-order valence-electron chi connectivity index (χ3n) is 3.31. The minimum atomic E-state index is -0.110. The van der Waals surface area contributed by atoms with E-state index in [9.17, 15) is 9.59 Å². The van der Waals surface area contributed by atoms with E-state index < -0.39 is 0 Å². The van der Waals surface area contributed by atoms with Gasteiger partial charge < -0.3 is 9.80 Å². The SMILES string of the molecule is C=CCN(CC(=O)N1CCc2ccccc21)C(C)=O. The molecule has 0 saturated heterocycles. The first kappa shape index (κ1) is 13.3. The molecule has 1 heterocycles. The monoisotopic (exact) mass is 258 g/mol. The van der Waals surface area contributed by atoms with Gasteiger partial charge in [0.15, 0.2) is 0 Å². The highest BCUT2D eigenvalue weighted by molar-refractivity contribution is 5.98. The lowest BCUT2D eigenvalue weighted by atomic mass is 10.2. The van der Waals surface area contributed by atoms with Gasteiger partial charge in [-0.2, -0.15) is 0 Å². The molecular weight excluding hydrogens is 240 g/mol. The van der Waals surface area contributed by atoms with E-state index in [0.29, 0.717) is 13.1 Å². The third-order valence-corrected chi connectivity index (χ3v) is 3.31. The van der Waals surface area contributed by atoms with Crippen LogP contribution in [0.2, 0.25) is 0 Å². The van der Waals surface area contributed by atoms with Gasteiger partial charge in [-0.1, -0.05) is 24.3 Å². The van der Waals surface area contributed by atoms with E-state index in [1.807, 2.05) is 24.3 Å². The topological polar surface area (TPSA) is 40.6 Å². The van der Waals surface area contributed by atoms with Gasteiger partial charge in [-0.15, -0.1) is 6.58 Å².